The van der Waals surface area contributed by atoms with E-state index in [0.29, 0.717) is 24.7 Å². The standard InChI is InChI=1S/C24H26N4O4S/c1-32-22-12-11-20(33(30,31)28-13-7-2-3-8-14-28)15-21(22)27-24(29)19-16-25-23(26-17-19)18-9-5-4-6-10-18/h4-6,9-12,15-17H,2-3,7-8,13-14H2,1H3,(H,27,29). The molecule has 0 saturated carbocycles. The first kappa shape index (κ1) is 22.9. The summed E-state index contributed by atoms with van der Waals surface area (Å²) in [6.07, 6.45) is 6.63. The fourth-order valence-electron chi connectivity index (χ4n) is 3.75. The Balaban J connectivity index is 1.56. The second kappa shape index (κ2) is 10.1. The summed E-state index contributed by atoms with van der Waals surface area (Å²) in [6.45, 7) is 1.00. The van der Waals surface area contributed by atoms with Gasteiger partial charge < -0.3 is 10.1 Å². The average Bonchev–Trinajstić information content (AvgIpc) is 3.15. The maximum absolute atomic E-state index is 13.2. The number of nitrogens with zero attached hydrogens (tertiary/aromatic N) is 3. The lowest BCUT2D eigenvalue weighted by Gasteiger charge is -2.21. The highest BCUT2D eigenvalue weighted by atomic mass is 32.2. The van der Waals surface area contributed by atoms with Gasteiger partial charge in [0, 0.05) is 31.0 Å². The second-order valence-corrected chi connectivity index (χ2v) is 9.73. The highest BCUT2D eigenvalue weighted by Gasteiger charge is 2.26. The monoisotopic (exact) mass is 466 g/mol. The van der Waals surface area contributed by atoms with Gasteiger partial charge >= 0.3 is 0 Å². The van der Waals surface area contributed by atoms with Crippen molar-refractivity contribution in [1.29, 1.82) is 0 Å². The number of rotatable bonds is 6. The number of ether oxygens (including phenoxy) is 1. The van der Waals surface area contributed by atoms with Gasteiger partial charge in [-0.15, -0.1) is 0 Å². The largest absolute Gasteiger partial charge is 0.495 e. The summed E-state index contributed by atoms with van der Waals surface area (Å²) >= 11 is 0. The van der Waals surface area contributed by atoms with Crippen molar-refractivity contribution in [3.63, 3.8) is 0 Å². The molecule has 2 aromatic carbocycles. The molecule has 0 bridgehead atoms. The van der Waals surface area contributed by atoms with Gasteiger partial charge in [0.05, 0.1) is 23.3 Å². The van der Waals surface area contributed by atoms with E-state index in [9.17, 15) is 13.2 Å². The summed E-state index contributed by atoms with van der Waals surface area (Å²) < 4.78 is 33.2. The molecule has 9 heteroatoms. The van der Waals surface area contributed by atoms with Gasteiger partial charge in [0.15, 0.2) is 5.82 Å². The molecule has 2 heterocycles. The number of nitrogens with one attached hydrogen (secondary N) is 1. The van der Waals surface area contributed by atoms with E-state index in [-0.39, 0.29) is 16.1 Å². The molecule has 8 nitrogen and oxygen atoms in total. The van der Waals surface area contributed by atoms with E-state index >= 15 is 0 Å². The zero-order chi connectivity index (χ0) is 23.3. The summed E-state index contributed by atoms with van der Waals surface area (Å²) in [6, 6.07) is 13.9. The molecular weight excluding hydrogens is 440 g/mol. The fourth-order valence-corrected chi connectivity index (χ4v) is 5.30. The third-order valence-corrected chi connectivity index (χ3v) is 7.46. The lowest BCUT2D eigenvalue weighted by Crippen LogP contribution is -2.32. The van der Waals surface area contributed by atoms with Gasteiger partial charge in [0.1, 0.15) is 5.75 Å². The van der Waals surface area contributed by atoms with Crippen LogP contribution in [0.4, 0.5) is 5.69 Å². The van der Waals surface area contributed by atoms with Crippen molar-refractivity contribution in [2.75, 3.05) is 25.5 Å². The van der Waals surface area contributed by atoms with E-state index in [1.165, 1.54) is 35.9 Å². The summed E-state index contributed by atoms with van der Waals surface area (Å²) in [5, 5.41) is 2.74. The first-order valence-electron chi connectivity index (χ1n) is 10.9. The lowest BCUT2D eigenvalue weighted by atomic mass is 10.2. The van der Waals surface area contributed by atoms with E-state index in [2.05, 4.69) is 15.3 Å². The van der Waals surface area contributed by atoms with Crippen molar-refractivity contribution in [3.8, 4) is 17.1 Å². The summed E-state index contributed by atoms with van der Waals surface area (Å²) in [7, 11) is -2.20. The molecule has 4 rings (SSSR count). The molecule has 1 aromatic heterocycles. The van der Waals surface area contributed by atoms with Crippen LogP contribution < -0.4 is 10.1 Å². The van der Waals surface area contributed by atoms with Crippen LogP contribution in [0.25, 0.3) is 11.4 Å². The van der Waals surface area contributed by atoms with Crippen LogP contribution in [-0.2, 0) is 10.0 Å². The smallest absolute Gasteiger partial charge is 0.258 e. The minimum atomic E-state index is -3.67. The number of anilines is 1. The molecule has 1 amide bonds. The first-order chi connectivity index (χ1) is 16.0. The fraction of sp³-hybridized carbons (Fsp3) is 0.292. The number of sulfonamides is 1. The molecule has 0 unspecified atom stereocenters. The lowest BCUT2D eigenvalue weighted by molar-refractivity contribution is 0.102. The topological polar surface area (TPSA) is 101 Å². The summed E-state index contributed by atoms with van der Waals surface area (Å²) in [4.78, 5) is 21.5. The third kappa shape index (κ3) is 5.20. The highest BCUT2D eigenvalue weighted by Crippen LogP contribution is 2.30. The second-order valence-electron chi connectivity index (χ2n) is 7.80. The number of methoxy groups -OCH3 is 1. The number of benzene rings is 2. The van der Waals surface area contributed by atoms with Crippen molar-refractivity contribution in [3.05, 3.63) is 66.5 Å². The molecule has 172 valence electrons. The van der Waals surface area contributed by atoms with Crippen LogP contribution in [0.3, 0.4) is 0 Å². The number of amides is 1. The Kier molecular flexibility index (Phi) is 7.00. The van der Waals surface area contributed by atoms with E-state index in [0.717, 1.165) is 31.2 Å². The van der Waals surface area contributed by atoms with Crippen LogP contribution in [0.15, 0.2) is 65.8 Å². The van der Waals surface area contributed by atoms with E-state index < -0.39 is 15.9 Å². The Hall–Kier alpha value is -3.30. The van der Waals surface area contributed by atoms with E-state index in [1.54, 1.807) is 6.07 Å². The van der Waals surface area contributed by atoms with Crippen molar-refractivity contribution in [2.45, 2.75) is 30.6 Å². The maximum Gasteiger partial charge on any atom is 0.258 e. The molecule has 0 radical (unpaired) electrons. The van der Waals surface area contributed by atoms with Crippen LogP contribution in [0, 0.1) is 0 Å². The Bertz CT molecular complexity index is 1210. The molecule has 1 aliphatic rings. The third-order valence-electron chi connectivity index (χ3n) is 5.57. The van der Waals surface area contributed by atoms with Crippen molar-refractivity contribution < 1.29 is 17.9 Å². The van der Waals surface area contributed by atoms with Crippen molar-refractivity contribution in [2.24, 2.45) is 0 Å². The summed E-state index contributed by atoms with van der Waals surface area (Å²) in [5.41, 5.74) is 1.36. The number of carbonyl (C=O) groups is 1. The van der Waals surface area contributed by atoms with Gasteiger partial charge in [0.25, 0.3) is 5.91 Å². The summed E-state index contributed by atoms with van der Waals surface area (Å²) in [5.74, 6) is 0.410. The Morgan fingerprint density at radius 1 is 0.970 bits per heavy atom. The Labute approximate surface area is 193 Å². The molecule has 1 saturated heterocycles. The number of carbonyl (C=O) groups excluding carboxylic acids is 1. The van der Waals surface area contributed by atoms with E-state index in [1.807, 2.05) is 30.3 Å². The Morgan fingerprint density at radius 3 is 2.27 bits per heavy atom. The van der Waals surface area contributed by atoms with Gasteiger partial charge in [-0.3, -0.25) is 4.79 Å². The number of hydrogen-bond acceptors (Lipinski definition) is 6. The minimum absolute atomic E-state index is 0.121. The van der Waals surface area contributed by atoms with Crippen molar-refractivity contribution >= 4 is 21.6 Å². The molecule has 0 spiro atoms. The highest BCUT2D eigenvalue weighted by molar-refractivity contribution is 7.89. The van der Waals surface area contributed by atoms with Crippen LogP contribution in [0.2, 0.25) is 0 Å². The SMILES string of the molecule is COc1ccc(S(=O)(=O)N2CCCCCC2)cc1NC(=O)c1cnc(-c2ccccc2)nc1. The quantitative estimate of drug-likeness (QED) is 0.590. The zero-order valence-electron chi connectivity index (χ0n) is 18.4. The van der Waals surface area contributed by atoms with Crippen LogP contribution in [0.5, 0.6) is 5.75 Å². The van der Waals surface area contributed by atoms with Gasteiger partial charge in [-0.2, -0.15) is 4.31 Å². The van der Waals surface area contributed by atoms with Gasteiger partial charge in [-0.1, -0.05) is 43.2 Å². The zero-order valence-corrected chi connectivity index (χ0v) is 19.2. The molecule has 3 aromatic rings. The minimum Gasteiger partial charge on any atom is -0.495 e. The average molecular weight is 467 g/mol. The first-order valence-corrected chi connectivity index (χ1v) is 12.3. The number of aromatic nitrogens is 2. The molecule has 1 aliphatic heterocycles. The van der Waals surface area contributed by atoms with E-state index in [4.69, 9.17) is 4.74 Å². The molecular formula is C24H26N4O4S. The number of hydrogen-bond donors (Lipinski definition) is 1. The predicted molar refractivity (Wildman–Crippen MR) is 126 cm³/mol. The maximum atomic E-state index is 13.2. The van der Waals surface area contributed by atoms with Gasteiger partial charge in [0.2, 0.25) is 10.0 Å². The van der Waals surface area contributed by atoms with Gasteiger partial charge in [-0.05, 0) is 31.0 Å². The predicted octanol–water partition coefficient (Wildman–Crippen LogP) is 3.97. The normalized spacial score (nSPS) is 14.9. The molecule has 0 atom stereocenters. The van der Waals surface area contributed by atoms with Gasteiger partial charge in [-0.25, -0.2) is 18.4 Å². The van der Waals surface area contributed by atoms with Crippen LogP contribution in [0.1, 0.15) is 36.0 Å². The molecule has 1 N–H and O–H groups in total. The van der Waals surface area contributed by atoms with Crippen LogP contribution in [-0.4, -0.2) is 48.8 Å². The van der Waals surface area contributed by atoms with Crippen LogP contribution >= 0.6 is 0 Å². The van der Waals surface area contributed by atoms with Crippen molar-refractivity contribution in [1.82, 2.24) is 14.3 Å². The Morgan fingerprint density at radius 2 is 1.64 bits per heavy atom. The molecule has 0 aliphatic carbocycles. The molecule has 1 fully saturated rings. The molecule has 33 heavy (non-hydrogen) atoms.